The molecule has 0 fully saturated rings. The monoisotopic (exact) mass is 361 g/mol. The van der Waals surface area contributed by atoms with E-state index >= 15 is 0 Å². The van der Waals surface area contributed by atoms with Gasteiger partial charge in [0.25, 0.3) is 5.91 Å². The highest BCUT2D eigenvalue weighted by atomic mass is 16.1. The van der Waals surface area contributed by atoms with Gasteiger partial charge in [0.2, 0.25) is 0 Å². The number of carbonyl (C=O) groups is 1. The summed E-state index contributed by atoms with van der Waals surface area (Å²) >= 11 is 0. The molecule has 0 bridgehead atoms. The Kier molecular flexibility index (Phi) is 5.14. The number of hydrogen-bond donors (Lipinski definition) is 2. The van der Waals surface area contributed by atoms with Crippen LogP contribution < -0.4 is 10.6 Å². The van der Waals surface area contributed by atoms with Gasteiger partial charge in [-0.05, 0) is 37.1 Å². The molecule has 4 rings (SSSR count). The van der Waals surface area contributed by atoms with Crippen molar-refractivity contribution < 1.29 is 4.79 Å². The SMILES string of the molecule is O=C(NCc1nnc2n1CCCCC2)c1ccccc1Nc1ccccc1. The Balaban J connectivity index is 1.47. The van der Waals surface area contributed by atoms with E-state index < -0.39 is 0 Å². The van der Waals surface area contributed by atoms with Crippen LogP contribution in [0.5, 0.6) is 0 Å². The van der Waals surface area contributed by atoms with Gasteiger partial charge >= 0.3 is 0 Å². The molecule has 6 nitrogen and oxygen atoms in total. The largest absolute Gasteiger partial charge is 0.355 e. The number of anilines is 2. The molecule has 2 aromatic carbocycles. The van der Waals surface area contributed by atoms with E-state index in [1.165, 1.54) is 6.42 Å². The molecule has 1 aliphatic heterocycles. The number of fused-ring (bicyclic) bond motifs is 1. The molecule has 3 aromatic rings. The van der Waals surface area contributed by atoms with E-state index in [2.05, 4.69) is 25.4 Å². The number of aromatic nitrogens is 3. The van der Waals surface area contributed by atoms with Gasteiger partial charge in [0.05, 0.1) is 17.8 Å². The standard InChI is InChI=1S/C21H23N5O/c27-21(22-15-20-25-24-19-13-5-2-8-14-26(19)20)17-11-6-7-12-18(17)23-16-9-3-1-4-10-16/h1,3-4,6-7,9-12,23H,2,5,8,13-15H2,(H,22,27). The molecule has 0 aliphatic carbocycles. The first-order valence-corrected chi connectivity index (χ1v) is 9.41. The Bertz CT molecular complexity index is 919. The Morgan fingerprint density at radius 1 is 0.963 bits per heavy atom. The number of nitrogens with one attached hydrogen (secondary N) is 2. The third-order valence-corrected chi connectivity index (χ3v) is 4.82. The first kappa shape index (κ1) is 17.3. The summed E-state index contributed by atoms with van der Waals surface area (Å²) < 4.78 is 2.15. The molecule has 2 N–H and O–H groups in total. The van der Waals surface area contributed by atoms with Gasteiger partial charge in [0, 0.05) is 18.7 Å². The summed E-state index contributed by atoms with van der Waals surface area (Å²) in [4.78, 5) is 12.8. The first-order chi connectivity index (χ1) is 13.3. The number of para-hydroxylation sites is 2. The zero-order valence-corrected chi connectivity index (χ0v) is 15.2. The van der Waals surface area contributed by atoms with Crippen molar-refractivity contribution in [2.45, 2.75) is 38.8 Å². The number of amides is 1. The quantitative estimate of drug-likeness (QED) is 0.727. The summed E-state index contributed by atoms with van der Waals surface area (Å²) in [6.45, 7) is 1.31. The Morgan fingerprint density at radius 2 is 1.78 bits per heavy atom. The summed E-state index contributed by atoms with van der Waals surface area (Å²) in [5, 5.41) is 14.9. The molecular formula is C21H23N5O. The number of aryl methyl sites for hydroxylation is 1. The second-order valence-corrected chi connectivity index (χ2v) is 6.71. The molecule has 6 heteroatoms. The average Bonchev–Trinajstić information content (AvgIpc) is 2.93. The predicted octanol–water partition coefficient (Wildman–Crippen LogP) is 3.68. The highest BCUT2D eigenvalue weighted by Gasteiger charge is 2.16. The van der Waals surface area contributed by atoms with Crippen molar-refractivity contribution in [1.29, 1.82) is 0 Å². The third kappa shape index (κ3) is 4.00. The van der Waals surface area contributed by atoms with Crippen molar-refractivity contribution in [3.8, 4) is 0 Å². The van der Waals surface area contributed by atoms with Crippen LogP contribution in [0.1, 0.15) is 41.3 Å². The summed E-state index contributed by atoms with van der Waals surface area (Å²) in [7, 11) is 0. The number of hydrogen-bond acceptors (Lipinski definition) is 4. The van der Waals surface area contributed by atoms with E-state index in [0.29, 0.717) is 12.1 Å². The molecule has 0 radical (unpaired) electrons. The lowest BCUT2D eigenvalue weighted by atomic mass is 10.1. The van der Waals surface area contributed by atoms with Gasteiger partial charge in [-0.15, -0.1) is 10.2 Å². The van der Waals surface area contributed by atoms with Gasteiger partial charge in [-0.1, -0.05) is 36.8 Å². The molecular weight excluding hydrogens is 338 g/mol. The van der Waals surface area contributed by atoms with Crippen molar-refractivity contribution in [2.75, 3.05) is 5.32 Å². The van der Waals surface area contributed by atoms with Crippen molar-refractivity contribution in [3.63, 3.8) is 0 Å². The molecule has 1 aromatic heterocycles. The van der Waals surface area contributed by atoms with Crippen LogP contribution in [0.25, 0.3) is 0 Å². The lowest BCUT2D eigenvalue weighted by molar-refractivity contribution is 0.0950. The number of carbonyl (C=O) groups excluding carboxylic acids is 1. The van der Waals surface area contributed by atoms with E-state index in [-0.39, 0.29) is 5.91 Å². The molecule has 0 spiro atoms. The molecule has 2 heterocycles. The molecule has 27 heavy (non-hydrogen) atoms. The maximum absolute atomic E-state index is 12.8. The van der Waals surface area contributed by atoms with Crippen LogP contribution in [0.4, 0.5) is 11.4 Å². The highest BCUT2D eigenvalue weighted by molar-refractivity contribution is 6.00. The van der Waals surface area contributed by atoms with Gasteiger partial charge in [-0.3, -0.25) is 4.79 Å². The fourth-order valence-electron chi connectivity index (χ4n) is 3.40. The molecule has 0 atom stereocenters. The Labute approximate surface area is 158 Å². The summed E-state index contributed by atoms with van der Waals surface area (Å²) in [5.74, 6) is 1.73. The average molecular weight is 361 g/mol. The maximum Gasteiger partial charge on any atom is 0.253 e. The maximum atomic E-state index is 12.8. The molecule has 1 aliphatic rings. The molecule has 1 amide bonds. The van der Waals surface area contributed by atoms with Crippen LogP contribution in [-0.2, 0) is 19.5 Å². The van der Waals surface area contributed by atoms with Crippen LogP contribution in [0, 0.1) is 0 Å². The second-order valence-electron chi connectivity index (χ2n) is 6.71. The van der Waals surface area contributed by atoms with Crippen molar-refractivity contribution in [2.24, 2.45) is 0 Å². The Morgan fingerprint density at radius 3 is 2.67 bits per heavy atom. The normalized spacial score (nSPS) is 13.5. The van der Waals surface area contributed by atoms with E-state index in [9.17, 15) is 4.79 Å². The number of benzene rings is 2. The van der Waals surface area contributed by atoms with E-state index in [0.717, 1.165) is 48.8 Å². The van der Waals surface area contributed by atoms with Crippen LogP contribution in [0.15, 0.2) is 54.6 Å². The van der Waals surface area contributed by atoms with Gasteiger partial charge in [-0.2, -0.15) is 0 Å². The lowest BCUT2D eigenvalue weighted by Crippen LogP contribution is -2.25. The minimum absolute atomic E-state index is 0.125. The molecule has 0 saturated carbocycles. The highest BCUT2D eigenvalue weighted by Crippen LogP contribution is 2.21. The Hall–Kier alpha value is -3.15. The minimum atomic E-state index is -0.125. The van der Waals surface area contributed by atoms with Gasteiger partial charge in [0.15, 0.2) is 5.82 Å². The summed E-state index contributed by atoms with van der Waals surface area (Å²) in [6, 6.07) is 17.3. The van der Waals surface area contributed by atoms with E-state index in [1.807, 2.05) is 54.6 Å². The number of nitrogens with zero attached hydrogens (tertiary/aromatic N) is 3. The predicted molar refractivity (Wildman–Crippen MR) is 105 cm³/mol. The van der Waals surface area contributed by atoms with Crippen LogP contribution in [-0.4, -0.2) is 20.7 Å². The zero-order valence-electron chi connectivity index (χ0n) is 15.2. The van der Waals surface area contributed by atoms with E-state index in [1.54, 1.807) is 0 Å². The van der Waals surface area contributed by atoms with Crippen molar-refractivity contribution in [3.05, 3.63) is 71.8 Å². The second kappa shape index (κ2) is 8.03. The molecule has 138 valence electrons. The topological polar surface area (TPSA) is 71.8 Å². The zero-order chi connectivity index (χ0) is 18.5. The molecule has 0 saturated heterocycles. The van der Waals surface area contributed by atoms with E-state index in [4.69, 9.17) is 0 Å². The van der Waals surface area contributed by atoms with Gasteiger partial charge < -0.3 is 15.2 Å². The van der Waals surface area contributed by atoms with Crippen LogP contribution >= 0.6 is 0 Å². The minimum Gasteiger partial charge on any atom is -0.355 e. The van der Waals surface area contributed by atoms with Gasteiger partial charge in [0.1, 0.15) is 5.82 Å². The third-order valence-electron chi connectivity index (χ3n) is 4.82. The fourth-order valence-corrected chi connectivity index (χ4v) is 3.40. The van der Waals surface area contributed by atoms with Crippen LogP contribution in [0.3, 0.4) is 0 Å². The summed E-state index contributed by atoms with van der Waals surface area (Å²) in [5.41, 5.74) is 2.33. The fraction of sp³-hybridized carbons (Fsp3) is 0.286. The smallest absolute Gasteiger partial charge is 0.253 e. The summed E-state index contributed by atoms with van der Waals surface area (Å²) in [6.07, 6.45) is 4.47. The molecule has 0 unspecified atom stereocenters. The number of rotatable bonds is 5. The van der Waals surface area contributed by atoms with Crippen LogP contribution in [0.2, 0.25) is 0 Å². The van der Waals surface area contributed by atoms with Gasteiger partial charge in [-0.25, -0.2) is 0 Å². The van der Waals surface area contributed by atoms with Crippen molar-refractivity contribution in [1.82, 2.24) is 20.1 Å². The lowest BCUT2D eigenvalue weighted by Gasteiger charge is -2.12. The van der Waals surface area contributed by atoms with Crippen molar-refractivity contribution >= 4 is 17.3 Å². The first-order valence-electron chi connectivity index (χ1n) is 9.41.